The number of hydrogen-bond acceptors (Lipinski definition) is 4. The highest BCUT2D eigenvalue weighted by Gasteiger charge is 2.13. The zero-order valence-corrected chi connectivity index (χ0v) is 12.8. The molecular formula is C12H10Cl2O2S2. The monoisotopic (exact) mass is 320 g/mol. The second-order valence-electron chi connectivity index (χ2n) is 3.21. The Morgan fingerprint density at radius 3 is 2.11 bits per heavy atom. The maximum absolute atomic E-state index is 6.07. The molecule has 0 fully saturated rings. The molecule has 0 amide bonds. The molecule has 1 rings (SSSR count). The summed E-state index contributed by atoms with van der Waals surface area (Å²) in [5, 5.41) is 1.54. The number of rotatable bonds is 3. The minimum Gasteiger partial charge on any atom is -0.486 e. The van der Waals surface area contributed by atoms with E-state index in [2.05, 4.69) is 0 Å². The van der Waals surface area contributed by atoms with Gasteiger partial charge in [0.15, 0.2) is 10.1 Å². The van der Waals surface area contributed by atoms with Crippen LogP contribution in [0.15, 0.2) is 23.8 Å². The van der Waals surface area contributed by atoms with Crippen LogP contribution in [-0.2, 0) is 9.47 Å². The third-order valence-electron chi connectivity index (χ3n) is 2.07. The fourth-order valence-corrected chi connectivity index (χ4v) is 2.03. The number of benzene rings is 1. The van der Waals surface area contributed by atoms with Crippen molar-refractivity contribution in [2.75, 3.05) is 14.2 Å². The summed E-state index contributed by atoms with van der Waals surface area (Å²) < 4.78 is 10.00. The summed E-state index contributed by atoms with van der Waals surface area (Å²) in [4.78, 5) is 0. The minimum absolute atomic E-state index is 0.243. The number of ether oxygens (including phenoxy) is 2. The molecule has 0 unspecified atom stereocenters. The Labute approximate surface area is 126 Å². The van der Waals surface area contributed by atoms with Crippen molar-refractivity contribution in [1.82, 2.24) is 0 Å². The van der Waals surface area contributed by atoms with Gasteiger partial charge in [0.2, 0.25) is 0 Å². The fourth-order valence-electron chi connectivity index (χ4n) is 1.20. The zero-order valence-electron chi connectivity index (χ0n) is 9.70. The van der Waals surface area contributed by atoms with Crippen LogP contribution in [0.4, 0.5) is 0 Å². The summed E-state index contributed by atoms with van der Waals surface area (Å²) >= 11 is 22.0. The lowest BCUT2D eigenvalue weighted by Crippen LogP contribution is -2.12. The first kappa shape index (κ1) is 15.4. The van der Waals surface area contributed by atoms with Crippen molar-refractivity contribution in [3.05, 3.63) is 39.4 Å². The van der Waals surface area contributed by atoms with Gasteiger partial charge in [0, 0.05) is 10.0 Å². The lowest BCUT2D eigenvalue weighted by atomic mass is 10.1. The number of methoxy groups -OCH3 is 2. The third-order valence-corrected chi connectivity index (χ3v) is 3.41. The molecule has 18 heavy (non-hydrogen) atoms. The van der Waals surface area contributed by atoms with Crippen LogP contribution in [0, 0.1) is 0 Å². The van der Waals surface area contributed by atoms with Crippen LogP contribution < -0.4 is 0 Å². The molecule has 6 heteroatoms. The molecule has 0 bridgehead atoms. The van der Waals surface area contributed by atoms with Gasteiger partial charge in [-0.15, -0.1) is 0 Å². The molecule has 0 atom stereocenters. The maximum Gasteiger partial charge on any atom is 0.195 e. The molecular weight excluding hydrogens is 311 g/mol. The topological polar surface area (TPSA) is 18.5 Å². The van der Waals surface area contributed by atoms with Gasteiger partial charge in [-0.2, -0.15) is 0 Å². The van der Waals surface area contributed by atoms with E-state index in [-0.39, 0.29) is 10.1 Å². The molecule has 0 saturated carbocycles. The molecule has 0 aliphatic rings. The SMILES string of the molecule is COC(=S)C(=Cc1ccc(Cl)cc1Cl)C(=S)OC. The van der Waals surface area contributed by atoms with Crippen LogP contribution in [0.5, 0.6) is 0 Å². The Morgan fingerprint density at radius 1 is 1.11 bits per heavy atom. The summed E-state index contributed by atoms with van der Waals surface area (Å²) in [6, 6.07) is 5.13. The van der Waals surface area contributed by atoms with Gasteiger partial charge >= 0.3 is 0 Å². The Balaban J connectivity index is 3.23. The van der Waals surface area contributed by atoms with E-state index in [1.54, 1.807) is 24.3 Å². The van der Waals surface area contributed by atoms with Gasteiger partial charge in [0.25, 0.3) is 0 Å². The first-order valence-electron chi connectivity index (χ1n) is 4.83. The zero-order chi connectivity index (χ0) is 13.7. The molecule has 0 radical (unpaired) electrons. The Bertz CT molecular complexity index is 495. The minimum atomic E-state index is 0.243. The van der Waals surface area contributed by atoms with Gasteiger partial charge in [0.05, 0.1) is 19.8 Å². The standard InChI is InChI=1S/C12H10Cl2O2S2/c1-15-11(17)9(12(18)16-2)5-7-3-4-8(13)6-10(7)14/h3-6H,1-2H3. The molecule has 0 heterocycles. The summed E-state index contributed by atoms with van der Waals surface area (Å²) in [6.45, 7) is 0. The van der Waals surface area contributed by atoms with Crippen molar-refractivity contribution in [2.24, 2.45) is 0 Å². The van der Waals surface area contributed by atoms with E-state index in [0.717, 1.165) is 5.56 Å². The van der Waals surface area contributed by atoms with E-state index in [4.69, 9.17) is 57.1 Å². The average molecular weight is 321 g/mol. The molecule has 1 aromatic rings. The highest BCUT2D eigenvalue weighted by molar-refractivity contribution is 7.82. The molecule has 0 N–H and O–H groups in total. The average Bonchev–Trinajstić information content (AvgIpc) is 2.36. The number of hydrogen-bond donors (Lipinski definition) is 0. The van der Waals surface area contributed by atoms with Crippen LogP contribution in [0.1, 0.15) is 5.56 Å². The van der Waals surface area contributed by atoms with Crippen LogP contribution in [0.25, 0.3) is 6.08 Å². The van der Waals surface area contributed by atoms with E-state index in [1.165, 1.54) is 14.2 Å². The molecule has 0 aromatic heterocycles. The van der Waals surface area contributed by atoms with Crippen LogP contribution in [0.3, 0.4) is 0 Å². The van der Waals surface area contributed by atoms with Crippen molar-refractivity contribution in [2.45, 2.75) is 0 Å². The van der Waals surface area contributed by atoms with Gasteiger partial charge in [-0.3, -0.25) is 0 Å². The quantitative estimate of drug-likeness (QED) is 0.609. The van der Waals surface area contributed by atoms with Crippen molar-refractivity contribution in [1.29, 1.82) is 0 Å². The summed E-state index contributed by atoms with van der Waals surface area (Å²) in [7, 11) is 2.94. The largest absolute Gasteiger partial charge is 0.486 e. The molecule has 0 aliphatic carbocycles. The van der Waals surface area contributed by atoms with Crippen molar-refractivity contribution in [3.63, 3.8) is 0 Å². The van der Waals surface area contributed by atoms with Crippen LogP contribution in [-0.4, -0.2) is 24.3 Å². The molecule has 0 saturated heterocycles. The maximum atomic E-state index is 6.07. The van der Waals surface area contributed by atoms with Gasteiger partial charge < -0.3 is 9.47 Å². The van der Waals surface area contributed by atoms with Gasteiger partial charge in [-0.25, -0.2) is 0 Å². The van der Waals surface area contributed by atoms with Crippen molar-refractivity contribution < 1.29 is 9.47 Å². The highest BCUT2D eigenvalue weighted by Crippen LogP contribution is 2.24. The second kappa shape index (κ2) is 7.04. The Hall–Kier alpha value is -0.680. The Kier molecular flexibility index (Phi) is 6.02. The summed E-state index contributed by atoms with van der Waals surface area (Å²) in [5.74, 6) is 0. The lowest BCUT2D eigenvalue weighted by molar-refractivity contribution is 0.401. The molecule has 2 nitrogen and oxygen atoms in total. The Morgan fingerprint density at radius 2 is 1.67 bits per heavy atom. The first-order valence-corrected chi connectivity index (χ1v) is 6.40. The molecule has 96 valence electrons. The van der Waals surface area contributed by atoms with E-state index >= 15 is 0 Å². The molecule has 0 aliphatic heterocycles. The highest BCUT2D eigenvalue weighted by atomic mass is 35.5. The van der Waals surface area contributed by atoms with Gasteiger partial charge in [-0.1, -0.05) is 29.3 Å². The fraction of sp³-hybridized carbons (Fsp3) is 0.167. The van der Waals surface area contributed by atoms with Crippen LogP contribution in [0.2, 0.25) is 10.0 Å². The van der Waals surface area contributed by atoms with Crippen molar-refractivity contribution >= 4 is 63.8 Å². The van der Waals surface area contributed by atoms with E-state index < -0.39 is 0 Å². The first-order chi connectivity index (χ1) is 8.49. The lowest BCUT2D eigenvalue weighted by Gasteiger charge is -2.09. The number of thiocarbonyl (C=S) groups is 2. The summed E-state index contributed by atoms with van der Waals surface area (Å²) in [6.07, 6.45) is 1.70. The second-order valence-corrected chi connectivity index (χ2v) is 4.79. The van der Waals surface area contributed by atoms with E-state index in [0.29, 0.717) is 15.6 Å². The van der Waals surface area contributed by atoms with E-state index in [1.807, 2.05) is 0 Å². The van der Waals surface area contributed by atoms with Gasteiger partial charge in [0.1, 0.15) is 0 Å². The molecule has 1 aromatic carbocycles. The van der Waals surface area contributed by atoms with E-state index in [9.17, 15) is 0 Å². The normalized spacial score (nSPS) is 9.56. The predicted octanol–water partition coefficient (Wildman–Crippen LogP) is 4.32. The van der Waals surface area contributed by atoms with Gasteiger partial charge in [-0.05, 0) is 48.2 Å². The predicted molar refractivity (Wildman–Crippen MR) is 83.7 cm³/mol. The molecule has 0 spiro atoms. The third kappa shape index (κ3) is 3.92. The smallest absolute Gasteiger partial charge is 0.195 e. The van der Waals surface area contributed by atoms with Crippen molar-refractivity contribution in [3.8, 4) is 0 Å². The summed E-state index contributed by atoms with van der Waals surface area (Å²) in [5.41, 5.74) is 1.23. The number of halogens is 2. The van der Waals surface area contributed by atoms with Crippen LogP contribution >= 0.6 is 47.6 Å².